The maximum absolute atomic E-state index is 12.3. The van der Waals surface area contributed by atoms with Crippen LogP contribution in [0.25, 0.3) is 0 Å². The van der Waals surface area contributed by atoms with Crippen LogP contribution in [-0.2, 0) is 11.3 Å². The van der Waals surface area contributed by atoms with Crippen molar-refractivity contribution in [2.45, 2.75) is 33.4 Å². The van der Waals surface area contributed by atoms with Gasteiger partial charge in [-0.3, -0.25) is 14.6 Å². The Morgan fingerprint density at radius 3 is 2.64 bits per heavy atom. The topological polar surface area (TPSA) is 79.4 Å². The molecule has 8 heteroatoms. The van der Waals surface area contributed by atoms with E-state index in [-0.39, 0.29) is 11.9 Å². The van der Waals surface area contributed by atoms with Gasteiger partial charge in [0.1, 0.15) is 5.82 Å². The van der Waals surface area contributed by atoms with Crippen LogP contribution in [0.1, 0.15) is 31.3 Å². The molecule has 0 spiro atoms. The lowest BCUT2D eigenvalue weighted by molar-refractivity contribution is -0.117. The van der Waals surface area contributed by atoms with E-state index in [2.05, 4.69) is 25.4 Å². The Kier molecular flexibility index (Phi) is 5.50. The smallest absolute Gasteiger partial charge is 0.239 e. The number of nitrogens with one attached hydrogen (secondary N) is 1. The summed E-state index contributed by atoms with van der Waals surface area (Å²) in [5, 5.41) is 11.1. The Balaban J connectivity index is 1.44. The SMILES string of the molecule is Cc1cc(CN2CCN(CC(=O)Nc3ccnn3C(C)C)CC2)on1. The first kappa shape index (κ1) is 17.6. The molecule has 1 aliphatic heterocycles. The van der Waals surface area contributed by atoms with Gasteiger partial charge in [0.15, 0.2) is 5.76 Å². The van der Waals surface area contributed by atoms with Crippen LogP contribution in [0.2, 0.25) is 0 Å². The second-order valence-corrected chi connectivity index (χ2v) is 6.79. The largest absolute Gasteiger partial charge is 0.360 e. The number of nitrogens with zero attached hydrogens (tertiary/aromatic N) is 5. The standard InChI is InChI=1S/C17H26N6O2/c1-13(2)23-16(4-5-18-23)19-17(24)12-22-8-6-21(7-9-22)11-15-10-14(3)20-25-15/h4-5,10,13H,6-9,11-12H2,1-3H3,(H,19,24). The number of anilines is 1. The van der Waals surface area contributed by atoms with E-state index in [9.17, 15) is 4.79 Å². The maximum atomic E-state index is 12.3. The molecule has 2 aromatic rings. The zero-order chi connectivity index (χ0) is 17.8. The van der Waals surface area contributed by atoms with Crippen LogP contribution in [0.4, 0.5) is 5.82 Å². The van der Waals surface area contributed by atoms with Crippen molar-refractivity contribution >= 4 is 11.7 Å². The number of amides is 1. The average Bonchev–Trinajstić information content (AvgIpc) is 3.18. The molecule has 0 unspecified atom stereocenters. The first-order valence-corrected chi connectivity index (χ1v) is 8.71. The molecule has 1 saturated heterocycles. The van der Waals surface area contributed by atoms with Gasteiger partial charge in [0.25, 0.3) is 0 Å². The molecule has 0 aliphatic carbocycles. The summed E-state index contributed by atoms with van der Waals surface area (Å²) in [5.41, 5.74) is 0.908. The predicted molar refractivity (Wildman–Crippen MR) is 94.2 cm³/mol. The number of hydrogen-bond donors (Lipinski definition) is 1. The van der Waals surface area contributed by atoms with E-state index in [1.165, 1.54) is 0 Å². The third-order valence-electron chi connectivity index (χ3n) is 4.32. The van der Waals surface area contributed by atoms with E-state index in [0.717, 1.165) is 50.0 Å². The van der Waals surface area contributed by atoms with Gasteiger partial charge in [0, 0.05) is 44.4 Å². The molecule has 1 aliphatic rings. The van der Waals surface area contributed by atoms with E-state index in [4.69, 9.17) is 4.52 Å². The van der Waals surface area contributed by atoms with Gasteiger partial charge in [-0.05, 0) is 20.8 Å². The summed E-state index contributed by atoms with van der Waals surface area (Å²) in [5.74, 6) is 1.65. The zero-order valence-corrected chi connectivity index (χ0v) is 15.1. The van der Waals surface area contributed by atoms with Crippen LogP contribution < -0.4 is 5.32 Å². The van der Waals surface area contributed by atoms with E-state index in [0.29, 0.717) is 6.54 Å². The van der Waals surface area contributed by atoms with Crippen molar-refractivity contribution in [3.05, 3.63) is 29.8 Å². The summed E-state index contributed by atoms with van der Waals surface area (Å²) >= 11 is 0. The van der Waals surface area contributed by atoms with Crippen molar-refractivity contribution in [2.75, 3.05) is 38.0 Å². The van der Waals surface area contributed by atoms with Crippen LogP contribution in [0.15, 0.2) is 22.9 Å². The Hall–Kier alpha value is -2.19. The second kappa shape index (κ2) is 7.79. The Morgan fingerprint density at radius 2 is 2.00 bits per heavy atom. The molecule has 1 amide bonds. The number of carbonyl (C=O) groups excluding carboxylic acids is 1. The van der Waals surface area contributed by atoms with E-state index >= 15 is 0 Å². The molecule has 2 aromatic heterocycles. The van der Waals surface area contributed by atoms with Crippen LogP contribution >= 0.6 is 0 Å². The Bertz CT molecular complexity index is 700. The average molecular weight is 346 g/mol. The number of hydrogen-bond acceptors (Lipinski definition) is 6. The highest BCUT2D eigenvalue weighted by atomic mass is 16.5. The van der Waals surface area contributed by atoms with Crippen molar-refractivity contribution in [3.63, 3.8) is 0 Å². The highest BCUT2D eigenvalue weighted by Crippen LogP contribution is 2.13. The highest BCUT2D eigenvalue weighted by molar-refractivity contribution is 5.91. The fourth-order valence-electron chi connectivity index (χ4n) is 3.03. The molecule has 3 rings (SSSR count). The van der Waals surface area contributed by atoms with Crippen LogP contribution in [0.5, 0.6) is 0 Å². The van der Waals surface area contributed by atoms with E-state index in [1.54, 1.807) is 6.20 Å². The first-order chi connectivity index (χ1) is 12.0. The normalized spacial score (nSPS) is 16.5. The molecule has 1 fully saturated rings. The van der Waals surface area contributed by atoms with Gasteiger partial charge in [0.05, 0.1) is 25.0 Å². The molecule has 0 atom stereocenters. The van der Waals surface area contributed by atoms with Gasteiger partial charge in [-0.25, -0.2) is 4.68 Å². The monoisotopic (exact) mass is 346 g/mol. The third kappa shape index (κ3) is 4.67. The van der Waals surface area contributed by atoms with Crippen molar-refractivity contribution in [2.24, 2.45) is 0 Å². The summed E-state index contributed by atoms with van der Waals surface area (Å²) in [7, 11) is 0. The number of aromatic nitrogens is 3. The predicted octanol–water partition coefficient (Wildman–Crippen LogP) is 1.52. The molecule has 0 radical (unpaired) electrons. The molecule has 0 saturated carbocycles. The fraction of sp³-hybridized carbons (Fsp3) is 0.588. The second-order valence-electron chi connectivity index (χ2n) is 6.79. The molecule has 136 valence electrons. The minimum atomic E-state index is 0.00158. The lowest BCUT2D eigenvalue weighted by Gasteiger charge is -2.33. The molecular formula is C17H26N6O2. The third-order valence-corrected chi connectivity index (χ3v) is 4.32. The zero-order valence-electron chi connectivity index (χ0n) is 15.1. The minimum absolute atomic E-state index is 0.00158. The van der Waals surface area contributed by atoms with Crippen LogP contribution in [0.3, 0.4) is 0 Å². The molecular weight excluding hydrogens is 320 g/mol. The molecule has 0 aromatic carbocycles. The number of aryl methyl sites for hydroxylation is 1. The maximum Gasteiger partial charge on any atom is 0.239 e. The minimum Gasteiger partial charge on any atom is -0.360 e. The number of piperazine rings is 1. The molecule has 8 nitrogen and oxygen atoms in total. The summed E-state index contributed by atoms with van der Waals surface area (Å²) < 4.78 is 7.08. The van der Waals surface area contributed by atoms with Crippen molar-refractivity contribution in [1.29, 1.82) is 0 Å². The summed E-state index contributed by atoms with van der Waals surface area (Å²) in [6, 6.07) is 4.01. The van der Waals surface area contributed by atoms with Gasteiger partial charge in [-0.1, -0.05) is 5.16 Å². The van der Waals surface area contributed by atoms with Gasteiger partial charge >= 0.3 is 0 Å². The molecule has 1 N–H and O–H groups in total. The van der Waals surface area contributed by atoms with Gasteiger partial charge < -0.3 is 9.84 Å². The lowest BCUT2D eigenvalue weighted by atomic mass is 10.3. The Morgan fingerprint density at radius 1 is 1.28 bits per heavy atom. The van der Waals surface area contributed by atoms with Crippen molar-refractivity contribution in [3.8, 4) is 0 Å². The highest BCUT2D eigenvalue weighted by Gasteiger charge is 2.20. The van der Waals surface area contributed by atoms with Crippen molar-refractivity contribution < 1.29 is 9.32 Å². The number of carbonyl (C=O) groups is 1. The van der Waals surface area contributed by atoms with Gasteiger partial charge in [-0.2, -0.15) is 5.10 Å². The molecule has 0 bridgehead atoms. The summed E-state index contributed by atoms with van der Waals surface area (Å²) in [6.07, 6.45) is 1.71. The quantitative estimate of drug-likeness (QED) is 0.854. The van der Waals surface area contributed by atoms with Crippen molar-refractivity contribution in [1.82, 2.24) is 24.7 Å². The summed E-state index contributed by atoms with van der Waals surface area (Å²) in [4.78, 5) is 16.8. The van der Waals surface area contributed by atoms with Crippen LogP contribution in [-0.4, -0.2) is 63.4 Å². The van der Waals surface area contributed by atoms with E-state index in [1.807, 2.05) is 37.6 Å². The van der Waals surface area contributed by atoms with Gasteiger partial charge in [0.2, 0.25) is 5.91 Å². The number of rotatable bonds is 6. The molecule has 3 heterocycles. The fourth-order valence-corrected chi connectivity index (χ4v) is 3.03. The lowest BCUT2D eigenvalue weighted by Crippen LogP contribution is -2.48. The van der Waals surface area contributed by atoms with E-state index < -0.39 is 0 Å². The Labute approximate surface area is 147 Å². The summed E-state index contributed by atoms with van der Waals surface area (Å²) in [6.45, 7) is 10.7. The van der Waals surface area contributed by atoms with Gasteiger partial charge in [-0.15, -0.1) is 0 Å². The molecule has 25 heavy (non-hydrogen) atoms. The first-order valence-electron chi connectivity index (χ1n) is 8.71. The van der Waals surface area contributed by atoms with Crippen LogP contribution in [0, 0.1) is 6.92 Å².